The highest BCUT2D eigenvalue weighted by Gasteiger charge is 2.75. The van der Waals surface area contributed by atoms with Gasteiger partial charge in [-0.05, 0) is 12.8 Å². The molecule has 0 aromatic rings. The van der Waals surface area contributed by atoms with Gasteiger partial charge in [0.15, 0.2) is 5.54 Å². The van der Waals surface area contributed by atoms with Gasteiger partial charge in [-0.2, -0.15) is 0 Å². The van der Waals surface area contributed by atoms with E-state index in [1.807, 2.05) is 20.8 Å². The molecule has 5 nitrogen and oxygen atoms in total. The Balaban J connectivity index is 2.45. The molecule has 5 heteroatoms. The van der Waals surface area contributed by atoms with Crippen LogP contribution >= 0.6 is 0 Å². The van der Waals surface area contributed by atoms with E-state index in [4.69, 9.17) is 0 Å². The predicted molar refractivity (Wildman–Crippen MR) is 57.4 cm³/mol. The molecule has 4 atom stereocenters. The van der Waals surface area contributed by atoms with Crippen molar-refractivity contribution in [3.63, 3.8) is 0 Å². The number of carbonyl (C=O) groups is 2. The number of aliphatic hydroxyl groups excluding tert-OH is 1. The Kier molecular flexibility index (Phi) is 2.11. The Hall–Kier alpha value is -1.10. The topological polar surface area (TPSA) is 78.4 Å². The summed E-state index contributed by atoms with van der Waals surface area (Å²) in [5, 5.41) is 15.6. The van der Waals surface area contributed by atoms with E-state index in [9.17, 15) is 14.7 Å². The number of rotatable bonds is 2. The summed E-state index contributed by atoms with van der Waals surface area (Å²) < 4.78 is 0. The maximum Gasteiger partial charge on any atom is 0.251 e. The minimum atomic E-state index is -1.14. The van der Waals surface area contributed by atoms with Crippen LogP contribution in [0.4, 0.5) is 0 Å². The van der Waals surface area contributed by atoms with Gasteiger partial charge in [-0.1, -0.05) is 20.8 Å². The van der Waals surface area contributed by atoms with Crippen LogP contribution in [0.15, 0.2) is 0 Å². The highest BCUT2D eigenvalue weighted by Crippen LogP contribution is 2.46. The van der Waals surface area contributed by atoms with Crippen molar-refractivity contribution in [1.82, 2.24) is 10.6 Å². The Bertz CT molecular complexity index is 368. The third-order valence-corrected chi connectivity index (χ3v) is 4.21. The quantitative estimate of drug-likeness (QED) is 0.550. The molecule has 2 saturated heterocycles. The molecule has 0 aromatic carbocycles. The lowest BCUT2D eigenvalue weighted by atomic mass is 9.62. The number of aliphatic hydroxyl groups is 1. The number of hydrogen-bond acceptors (Lipinski definition) is 3. The monoisotopic (exact) mass is 226 g/mol. The van der Waals surface area contributed by atoms with Crippen LogP contribution in [0.25, 0.3) is 0 Å². The van der Waals surface area contributed by atoms with Gasteiger partial charge < -0.3 is 15.7 Å². The third-order valence-electron chi connectivity index (χ3n) is 4.21. The number of nitrogens with one attached hydrogen (secondary N) is 2. The SMILES string of the molecule is CC(C)[C@H](O)C12NC(=O)C(C)[C@]1(C)NC2=O. The summed E-state index contributed by atoms with van der Waals surface area (Å²) in [5.74, 6) is -0.871. The molecule has 2 rings (SSSR count). The van der Waals surface area contributed by atoms with Gasteiger partial charge in [-0.25, -0.2) is 0 Å². The second-order valence-electron chi connectivity index (χ2n) is 5.36. The molecule has 16 heavy (non-hydrogen) atoms. The van der Waals surface area contributed by atoms with Gasteiger partial charge in [-0.15, -0.1) is 0 Å². The number of amides is 2. The second-order valence-corrected chi connectivity index (χ2v) is 5.36. The molecule has 2 unspecified atom stereocenters. The molecule has 2 aliphatic heterocycles. The fraction of sp³-hybridized carbons (Fsp3) is 0.818. The van der Waals surface area contributed by atoms with Crippen LogP contribution in [-0.2, 0) is 9.59 Å². The molecule has 0 bridgehead atoms. The summed E-state index contributed by atoms with van der Waals surface area (Å²) in [5.41, 5.74) is -1.82. The van der Waals surface area contributed by atoms with E-state index in [1.54, 1.807) is 6.92 Å². The zero-order valence-electron chi connectivity index (χ0n) is 10.00. The molecular weight excluding hydrogens is 208 g/mol. The standard InChI is InChI=1S/C11H18N2O3/c1-5(2)7(14)11-9(16)13-10(11,4)6(3)8(15)12-11/h5-7,14H,1-4H3,(H,12,15)(H,13,16)/t6?,7-,10-,11?/m0/s1. The third kappa shape index (κ3) is 0.948. The van der Waals surface area contributed by atoms with Crippen LogP contribution in [0.1, 0.15) is 27.7 Å². The molecule has 0 aliphatic carbocycles. The van der Waals surface area contributed by atoms with Gasteiger partial charge >= 0.3 is 0 Å². The van der Waals surface area contributed by atoms with E-state index in [0.29, 0.717) is 0 Å². The maximum absolute atomic E-state index is 11.8. The first-order valence-electron chi connectivity index (χ1n) is 5.60. The Morgan fingerprint density at radius 2 is 1.88 bits per heavy atom. The van der Waals surface area contributed by atoms with Gasteiger partial charge in [0, 0.05) is 0 Å². The van der Waals surface area contributed by atoms with Crippen molar-refractivity contribution in [3.8, 4) is 0 Å². The van der Waals surface area contributed by atoms with Gasteiger partial charge in [0.25, 0.3) is 5.91 Å². The van der Waals surface area contributed by atoms with Crippen LogP contribution in [-0.4, -0.2) is 34.1 Å². The molecular formula is C11H18N2O3. The number of carbonyl (C=O) groups excluding carboxylic acids is 2. The van der Waals surface area contributed by atoms with E-state index < -0.39 is 17.2 Å². The lowest BCUT2D eigenvalue weighted by molar-refractivity contribution is -0.157. The Labute approximate surface area is 94.6 Å². The van der Waals surface area contributed by atoms with Crippen molar-refractivity contribution < 1.29 is 14.7 Å². The molecule has 0 radical (unpaired) electrons. The van der Waals surface area contributed by atoms with E-state index in [-0.39, 0.29) is 23.7 Å². The second kappa shape index (κ2) is 2.97. The van der Waals surface area contributed by atoms with E-state index in [1.165, 1.54) is 0 Å². The van der Waals surface area contributed by atoms with Crippen LogP contribution in [0.5, 0.6) is 0 Å². The maximum atomic E-state index is 11.8. The molecule has 2 aliphatic rings. The summed E-state index contributed by atoms with van der Waals surface area (Å²) in [7, 11) is 0. The molecule has 0 aromatic heterocycles. The predicted octanol–water partition coefficient (Wildman–Crippen LogP) is -0.603. The van der Waals surface area contributed by atoms with Crippen molar-refractivity contribution in [2.45, 2.75) is 44.9 Å². The van der Waals surface area contributed by atoms with Crippen molar-refractivity contribution in [1.29, 1.82) is 0 Å². The normalized spacial score (nSPS) is 43.5. The van der Waals surface area contributed by atoms with Gasteiger partial charge in [0.2, 0.25) is 5.91 Å². The van der Waals surface area contributed by atoms with Gasteiger partial charge in [0.1, 0.15) is 0 Å². The lowest BCUT2D eigenvalue weighted by Gasteiger charge is -2.55. The molecule has 2 fully saturated rings. The van der Waals surface area contributed by atoms with Gasteiger partial charge in [0.05, 0.1) is 17.6 Å². The van der Waals surface area contributed by atoms with Crippen LogP contribution in [0.3, 0.4) is 0 Å². The van der Waals surface area contributed by atoms with E-state index in [2.05, 4.69) is 10.6 Å². The van der Waals surface area contributed by atoms with E-state index in [0.717, 1.165) is 0 Å². The first-order valence-corrected chi connectivity index (χ1v) is 5.60. The van der Waals surface area contributed by atoms with Crippen LogP contribution in [0, 0.1) is 11.8 Å². The van der Waals surface area contributed by atoms with Crippen molar-refractivity contribution >= 4 is 11.8 Å². The van der Waals surface area contributed by atoms with Crippen LogP contribution in [0.2, 0.25) is 0 Å². The zero-order valence-corrected chi connectivity index (χ0v) is 10.00. The first kappa shape index (κ1) is 11.4. The molecule has 0 spiro atoms. The smallest absolute Gasteiger partial charge is 0.251 e. The summed E-state index contributed by atoms with van der Waals surface area (Å²) in [6.07, 6.45) is -0.861. The Morgan fingerprint density at radius 1 is 1.31 bits per heavy atom. The van der Waals surface area contributed by atoms with Crippen molar-refractivity contribution in [2.24, 2.45) is 11.8 Å². The summed E-state index contributed by atoms with van der Waals surface area (Å²) in [6, 6.07) is 0. The lowest BCUT2D eigenvalue weighted by Crippen LogP contribution is -2.87. The highest BCUT2D eigenvalue weighted by atomic mass is 16.3. The van der Waals surface area contributed by atoms with Crippen molar-refractivity contribution in [2.75, 3.05) is 0 Å². The van der Waals surface area contributed by atoms with E-state index >= 15 is 0 Å². The summed E-state index contributed by atoms with van der Waals surface area (Å²) in [4.78, 5) is 23.5. The fourth-order valence-electron chi connectivity index (χ4n) is 2.82. The highest BCUT2D eigenvalue weighted by molar-refractivity contribution is 6.06. The Morgan fingerprint density at radius 3 is 2.25 bits per heavy atom. The van der Waals surface area contributed by atoms with Crippen LogP contribution < -0.4 is 10.6 Å². The average molecular weight is 226 g/mol. The molecule has 90 valence electrons. The average Bonchev–Trinajstić information content (AvgIpc) is 2.36. The number of β-lactam (4-membered cyclic amide) rings is 1. The number of fused-ring (bicyclic) bond motifs is 1. The molecule has 3 N–H and O–H groups in total. The number of hydrogen-bond donors (Lipinski definition) is 3. The zero-order chi connectivity index (χ0) is 12.3. The molecule has 2 amide bonds. The fourth-order valence-corrected chi connectivity index (χ4v) is 2.82. The molecule has 2 heterocycles. The summed E-state index contributed by atoms with van der Waals surface area (Å²) >= 11 is 0. The van der Waals surface area contributed by atoms with Crippen molar-refractivity contribution in [3.05, 3.63) is 0 Å². The minimum absolute atomic E-state index is 0.0871. The molecule has 0 saturated carbocycles. The largest absolute Gasteiger partial charge is 0.390 e. The minimum Gasteiger partial charge on any atom is -0.390 e. The summed E-state index contributed by atoms with van der Waals surface area (Å²) in [6.45, 7) is 7.24. The van der Waals surface area contributed by atoms with Gasteiger partial charge in [-0.3, -0.25) is 9.59 Å². The first-order chi connectivity index (χ1) is 7.27.